The van der Waals surface area contributed by atoms with E-state index in [0.29, 0.717) is 11.8 Å². The van der Waals surface area contributed by atoms with Crippen LogP contribution in [0.4, 0.5) is 11.4 Å². The van der Waals surface area contributed by atoms with Crippen molar-refractivity contribution in [3.8, 4) is 0 Å². The number of nitrogen functional groups attached to an aromatic ring is 2. The smallest absolute Gasteiger partial charge is 0.0314 e. The molecular formula is C17H20N2. The molecule has 3 rings (SSSR count). The molecule has 1 aliphatic rings. The zero-order valence-corrected chi connectivity index (χ0v) is 11.0. The lowest BCUT2D eigenvalue weighted by atomic mass is 9.84. The summed E-state index contributed by atoms with van der Waals surface area (Å²) in [7, 11) is 0. The fourth-order valence-electron chi connectivity index (χ4n) is 3.24. The zero-order chi connectivity index (χ0) is 13.2. The van der Waals surface area contributed by atoms with Crippen LogP contribution in [0, 0.1) is 0 Å². The Morgan fingerprint density at radius 3 is 1.37 bits per heavy atom. The minimum Gasteiger partial charge on any atom is -0.399 e. The maximum Gasteiger partial charge on any atom is 0.0314 e. The molecule has 0 aromatic heterocycles. The second kappa shape index (κ2) is 4.96. The van der Waals surface area contributed by atoms with Gasteiger partial charge in [-0.3, -0.25) is 0 Å². The normalized spacial score (nSPS) is 22.5. The number of nitrogens with two attached hydrogens (primary N) is 2. The minimum absolute atomic E-state index is 0.615. The van der Waals surface area contributed by atoms with E-state index in [4.69, 9.17) is 11.5 Å². The second-order valence-corrected chi connectivity index (χ2v) is 5.48. The van der Waals surface area contributed by atoms with Crippen molar-refractivity contribution in [2.75, 3.05) is 11.5 Å². The summed E-state index contributed by atoms with van der Waals surface area (Å²) in [6.07, 6.45) is 3.82. The Hall–Kier alpha value is -1.96. The molecule has 0 heterocycles. The third-order valence-corrected chi connectivity index (χ3v) is 4.25. The maximum atomic E-state index is 5.77. The molecule has 0 aliphatic heterocycles. The molecule has 1 fully saturated rings. The first-order valence-corrected chi connectivity index (χ1v) is 6.95. The molecule has 0 saturated heterocycles. The van der Waals surface area contributed by atoms with Crippen LogP contribution in [0.2, 0.25) is 0 Å². The molecule has 2 aromatic rings. The first kappa shape index (κ1) is 12.1. The summed E-state index contributed by atoms with van der Waals surface area (Å²) in [6, 6.07) is 16.7. The Morgan fingerprint density at radius 2 is 1.00 bits per heavy atom. The molecule has 2 nitrogen and oxygen atoms in total. The van der Waals surface area contributed by atoms with Crippen LogP contribution < -0.4 is 11.5 Å². The molecule has 0 bridgehead atoms. The number of benzene rings is 2. The molecule has 0 radical (unpaired) electrons. The van der Waals surface area contributed by atoms with Crippen molar-refractivity contribution < 1.29 is 0 Å². The van der Waals surface area contributed by atoms with E-state index in [2.05, 4.69) is 24.3 Å². The summed E-state index contributed by atoms with van der Waals surface area (Å²) in [4.78, 5) is 0. The van der Waals surface area contributed by atoms with E-state index in [1.165, 1.54) is 30.4 Å². The Bertz CT molecular complexity index is 491. The van der Waals surface area contributed by atoms with Gasteiger partial charge in [0.25, 0.3) is 0 Å². The van der Waals surface area contributed by atoms with Crippen LogP contribution in [0.5, 0.6) is 0 Å². The molecule has 19 heavy (non-hydrogen) atoms. The van der Waals surface area contributed by atoms with Crippen molar-refractivity contribution in [3.05, 3.63) is 59.7 Å². The van der Waals surface area contributed by atoms with Crippen molar-refractivity contribution in [1.29, 1.82) is 0 Å². The van der Waals surface area contributed by atoms with Gasteiger partial charge in [-0.1, -0.05) is 30.7 Å². The van der Waals surface area contributed by atoms with Gasteiger partial charge in [0, 0.05) is 11.4 Å². The predicted octanol–water partition coefficient (Wildman–Crippen LogP) is 3.90. The number of anilines is 2. The van der Waals surface area contributed by atoms with E-state index in [-0.39, 0.29) is 0 Å². The van der Waals surface area contributed by atoms with Crippen LogP contribution in [0.3, 0.4) is 0 Å². The third-order valence-electron chi connectivity index (χ3n) is 4.25. The highest BCUT2D eigenvalue weighted by molar-refractivity contribution is 5.44. The van der Waals surface area contributed by atoms with E-state index in [1.54, 1.807) is 0 Å². The second-order valence-electron chi connectivity index (χ2n) is 5.48. The number of rotatable bonds is 2. The SMILES string of the molecule is Nc1ccc(C2CCCC2c2ccc(N)cc2)cc1. The van der Waals surface area contributed by atoms with Crippen molar-refractivity contribution in [1.82, 2.24) is 0 Å². The summed E-state index contributed by atoms with van der Waals surface area (Å²) in [5, 5.41) is 0. The number of hydrogen-bond donors (Lipinski definition) is 2. The average molecular weight is 252 g/mol. The summed E-state index contributed by atoms with van der Waals surface area (Å²) in [5.74, 6) is 1.23. The fourth-order valence-corrected chi connectivity index (χ4v) is 3.24. The molecule has 0 amide bonds. The maximum absolute atomic E-state index is 5.77. The van der Waals surface area contributed by atoms with Gasteiger partial charge in [-0.15, -0.1) is 0 Å². The minimum atomic E-state index is 0.615. The Labute approximate surface area is 114 Å². The van der Waals surface area contributed by atoms with Gasteiger partial charge in [-0.05, 0) is 60.1 Å². The molecule has 0 spiro atoms. The van der Waals surface area contributed by atoms with Gasteiger partial charge < -0.3 is 11.5 Å². The van der Waals surface area contributed by atoms with E-state index in [9.17, 15) is 0 Å². The van der Waals surface area contributed by atoms with E-state index < -0.39 is 0 Å². The fraction of sp³-hybridized carbons (Fsp3) is 0.294. The number of hydrogen-bond acceptors (Lipinski definition) is 2. The molecule has 2 unspecified atom stereocenters. The highest BCUT2D eigenvalue weighted by Gasteiger charge is 2.29. The van der Waals surface area contributed by atoms with Crippen LogP contribution in [0.1, 0.15) is 42.2 Å². The highest BCUT2D eigenvalue weighted by atomic mass is 14.5. The molecule has 2 atom stereocenters. The van der Waals surface area contributed by atoms with Gasteiger partial charge in [0.2, 0.25) is 0 Å². The van der Waals surface area contributed by atoms with Crippen molar-refractivity contribution in [2.24, 2.45) is 0 Å². The third kappa shape index (κ3) is 2.43. The summed E-state index contributed by atoms with van der Waals surface area (Å²) in [6.45, 7) is 0. The van der Waals surface area contributed by atoms with Crippen molar-refractivity contribution in [3.63, 3.8) is 0 Å². The summed E-state index contributed by atoms with van der Waals surface area (Å²) >= 11 is 0. The lowest BCUT2D eigenvalue weighted by Gasteiger charge is -2.21. The summed E-state index contributed by atoms with van der Waals surface area (Å²) < 4.78 is 0. The van der Waals surface area contributed by atoms with Crippen LogP contribution in [0.15, 0.2) is 48.5 Å². The van der Waals surface area contributed by atoms with Crippen LogP contribution in [-0.2, 0) is 0 Å². The quantitative estimate of drug-likeness (QED) is 0.796. The monoisotopic (exact) mass is 252 g/mol. The zero-order valence-electron chi connectivity index (χ0n) is 11.0. The van der Waals surface area contributed by atoms with Crippen LogP contribution in [0.25, 0.3) is 0 Å². The molecule has 2 heteroatoms. The van der Waals surface area contributed by atoms with E-state index in [0.717, 1.165) is 11.4 Å². The molecular weight excluding hydrogens is 232 g/mol. The Kier molecular flexibility index (Phi) is 3.16. The average Bonchev–Trinajstić information content (AvgIpc) is 2.90. The first-order chi connectivity index (χ1) is 9.24. The lowest BCUT2D eigenvalue weighted by Crippen LogP contribution is -2.05. The van der Waals surface area contributed by atoms with Gasteiger partial charge in [0.1, 0.15) is 0 Å². The topological polar surface area (TPSA) is 52.0 Å². The standard InChI is InChI=1S/C17H20N2/c18-14-8-4-12(5-9-14)16-2-1-3-17(16)13-6-10-15(19)11-7-13/h4-11,16-17H,1-3,18-19H2. The molecule has 2 aromatic carbocycles. The Morgan fingerprint density at radius 1 is 0.632 bits per heavy atom. The van der Waals surface area contributed by atoms with Crippen molar-refractivity contribution >= 4 is 11.4 Å². The molecule has 4 N–H and O–H groups in total. The molecule has 1 saturated carbocycles. The molecule has 98 valence electrons. The van der Waals surface area contributed by atoms with Gasteiger partial charge in [-0.25, -0.2) is 0 Å². The van der Waals surface area contributed by atoms with Crippen molar-refractivity contribution in [2.45, 2.75) is 31.1 Å². The predicted molar refractivity (Wildman–Crippen MR) is 81.0 cm³/mol. The largest absolute Gasteiger partial charge is 0.399 e. The molecule has 1 aliphatic carbocycles. The van der Waals surface area contributed by atoms with Gasteiger partial charge in [-0.2, -0.15) is 0 Å². The van der Waals surface area contributed by atoms with Gasteiger partial charge in [0.05, 0.1) is 0 Å². The van der Waals surface area contributed by atoms with E-state index >= 15 is 0 Å². The first-order valence-electron chi connectivity index (χ1n) is 6.95. The summed E-state index contributed by atoms with van der Waals surface area (Å²) in [5.41, 5.74) is 16.0. The van der Waals surface area contributed by atoms with Gasteiger partial charge in [0.15, 0.2) is 0 Å². The van der Waals surface area contributed by atoms with E-state index in [1.807, 2.05) is 24.3 Å². The lowest BCUT2D eigenvalue weighted by molar-refractivity contribution is 0.624. The van der Waals surface area contributed by atoms with Crippen LogP contribution in [-0.4, -0.2) is 0 Å². The highest BCUT2D eigenvalue weighted by Crippen LogP contribution is 2.46. The Balaban J connectivity index is 1.89. The van der Waals surface area contributed by atoms with Gasteiger partial charge >= 0.3 is 0 Å². The van der Waals surface area contributed by atoms with Crippen LogP contribution >= 0.6 is 0 Å².